The molecule has 0 spiro atoms. The number of likely N-dealkylation sites (N-methyl/N-ethyl adjacent to an activating group) is 1. The maximum Gasteiger partial charge on any atom is 0.362 e. The molecule has 288 valence electrons. The second-order valence-electron chi connectivity index (χ2n) is 12.9. The van der Waals surface area contributed by atoms with E-state index in [1.807, 2.05) is 106 Å². The first kappa shape index (κ1) is 47.7. The molecule has 1 N–H and O–H groups in total. The number of hydrogen-bond acceptors (Lipinski definition) is 6. The van der Waals surface area contributed by atoms with Crippen molar-refractivity contribution < 1.29 is 38.2 Å². The lowest BCUT2D eigenvalue weighted by Crippen LogP contribution is -2.50. The number of carboxylic acid groups (broad SMARTS) is 1. The van der Waals surface area contributed by atoms with Gasteiger partial charge in [0.1, 0.15) is 6.61 Å². The third kappa shape index (κ3) is 31.7. The lowest BCUT2D eigenvalue weighted by atomic mass is 10.1. The molecule has 0 aromatic carbocycles. The van der Waals surface area contributed by atoms with E-state index in [0.717, 1.165) is 38.5 Å². The van der Waals surface area contributed by atoms with Gasteiger partial charge in [0.25, 0.3) is 0 Å². The van der Waals surface area contributed by atoms with E-state index in [9.17, 15) is 19.5 Å². The summed E-state index contributed by atoms with van der Waals surface area (Å²) in [6.07, 6.45) is 47.1. The van der Waals surface area contributed by atoms with Crippen molar-refractivity contribution in [3.05, 3.63) is 122 Å². The summed E-state index contributed by atoms with van der Waals surface area (Å²) in [6, 6.07) is -0.642. The molecule has 8 nitrogen and oxygen atoms in total. The average molecular weight is 721 g/mol. The Morgan fingerprint density at radius 1 is 0.615 bits per heavy atom. The molecule has 0 radical (unpaired) electrons. The van der Waals surface area contributed by atoms with Gasteiger partial charge in [0.05, 0.1) is 40.8 Å². The van der Waals surface area contributed by atoms with Gasteiger partial charge >= 0.3 is 17.9 Å². The molecular weight excluding hydrogens is 654 g/mol. The Labute approximate surface area is 314 Å². The van der Waals surface area contributed by atoms with E-state index in [-0.39, 0.29) is 49.5 Å². The topological polar surface area (TPSA) is 99.1 Å². The fourth-order valence-corrected chi connectivity index (χ4v) is 4.49. The van der Waals surface area contributed by atoms with E-state index < -0.39 is 24.1 Å². The van der Waals surface area contributed by atoms with Crippen LogP contribution in [-0.4, -0.2) is 80.6 Å². The predicted molar refractivity (Wildman–Crippen MR) is 215 cm³/mol. The van der Waals surface area contributed by atoms with Crippen LogP contribution in [0.4, 0.5) is 0 Å². The molecule has 0 rings (SSSR count). The Morgan fingerprint density at radius 2 is 1.15 bits per heavy atom. The molecule has 0 aromatic rings. The van der Waals surface area contributed by atoms with E-state index in [1.165, 1.54) is 0 Å². The lowest BCUT2D eigenvalue weighted by Gasteiger charge is -2.31. The minimum atomic E-state index is -0.902. The summed E-state index contributed by atoms with van der Waals surface area (Å²) >= 11 is 0. The van der Waals surface area contributed by atoms with Gasteiger partial charge < -0.3 is 23.8 Å². The molecule has 0 aliphatic rings. The quantitative estimate of drug-likeness (QED) is 0.0260. The second kappa shape index (κ2) is 33.9. The van der Waals surface area contributed by atoms with Crippen molar-refractivity contribution in [1.29, 1.82) is 0 Å². The second-order valence-corrected chi connectivity index (χ2v) is 12.9. The summed E-state index contributed by atoms with van der Waals surface area (Å²) in [4.78, 5) is 36.6. The first-order chi connectivity index (χ1) is 25.1. The van der Waals surface area contributed by atoms with Crippen LogP contribution in [0, 0.1) is 0 Å². The zero-order valence-corrected chi connectivity index (χ0v) is 32.4. The maximum atomic E-state index is 12.5. The van der Waals surface area contributed by atoms with E-state index >= 15 is 0 Å². The van der Waals surface area contributed by atoms with Gasteiger partial charge in [-0.3, -0.25) is 9.59 Å². The number of rotatable bonds is 30. The van der Waals surface area contributed by atoms with Gasteiger partial charge in [-0.05, 0) is 44.9 Å². The van der Waals surface area contributed by atoms with Crippen LogP contribution in [0.1, 0.15) is 84.5 Å². The lowest BCUT2D eigenvalue weighted by molar-refractivity contribution is -0.887. The molecule has 0 aliphatic carbocycles. The van der Waals surface area contributed by atoms with Gasteiger partial charge in [0.15, 0.2) is 12.1 Å². The number of carbonyl (C=O) groups is 3. The highest BCUT2D eigenvalue weighted by Crippen LogP contribution is 2.10. The van der Waals surface area contributed by atoms with Gasteiger partial charge in [-0.2, -0.15) is 0 Å². The van der Waals surface area contributed by atoms with Crippen molar-refractivity contribution in [2.45, 2.75) is 96.6 Å². The average Bonchev–Trinajstić information content (AvgIpc) is 3.09. The van der Waals surface area contributed by atoms with Crippen molar-refractivity contribution in [2.75, 3.05) is 41.0 Å². The first-order valence-corrected chi connectivity index (χ1v) is 18.7. The molecule has 2 unspecified atom stereocenters. The van der Waals surface area contributed by atoms with Crippen LogP contribution in [0.25, 0.3) is 0 Å². The number of carboxylic acids is 1. The van der Waals surface area contributed by atoms with Crippen LogP contribution in [0.2, 0.25) is 0 Å². The van der Waals surface area contributed by atoms with E-state index in [1.54, 1.807) is 6.08 Å². The fraction of sp³-hybridized carbons (Fsp3) is 0.477. The summed E-state index contributed by atoms with van der Waals surface area (Å²) in [5.74, 6) is -1.71. The minimum absolute atomic E-state index is 0.0000902. The van der Waals surface area contributed by atoms with Crippen molar-refractivity contribution in [1.82, 2.24) is 0 Å². The molecule has 2 atom stereocenters. The standard InChI is InChI=1S/C44H65NO7/c1-6-8-10-12-14-16-17-18-19-20-21-22-23-24-25-27-28-30-32-34-42(46)51-39-40(38-50-37-36-41(44(48)49)45(3,4)5)52-43(47)35-33-31-29-26-15-13-11-9-7-2/h8-12,14-26,31,33,40-41H,6-7,13,27-30,32,34-39H2,1-5H3/p+1/b10-8+,11-9+,14-12+,17-16+,19-18+,21-20+,23-22+,25-24+,26-15+,33-31+. The summed E-state index contributed by atoms with van der Waals surface area (Å²) < 4.78 is 17.0. The highest BCUT2D eigenvalue weighted by Gasteiger charge is 2.31. The van der Waals surface area contributed by atoms with Crippen LogP contribution >= 0.6 is 0 Å². The molecule has 0 amide bonds. The Hall–Kier alpha value is -4.27. The largest absolute Gasteiger partial charge is 0.477 e. The number of nitrogens with zero attached hydrogens (tertiary/aromatic N) is 1. The van der Waals surface area contributed by atoms with E-state index in [4.69, 9.17) is 14.2 Å². The number of quaternary nitrogens is 1. The normalized spacial score (nSPS) is 14.4. The summed E-state index contributed by atoms with van der Waals surface area (Å²) in [5.41, 5.74) is 0. The van der Waals surface area contributed by atoms with Crippen LogP contribution in [0.15, 0.2) is 122 Å². The molecule has 0 aromatic heterocycles. The maximum absolute atomic E-state index is 12.5. The van der Waals surface area contributed by atoms with Crippen LogP contribution in [-0.2, 0) is 28.6 Å². The van der Waals surface area contributed by atoms with Gasteiger partial charge in [0.2, 0.25) is 0 Å². The van der Waals surface area contributed by atoms with Gasteiger partial charge in [-0.1, -0.05) is 142 Å². The van der Waals surface area contributed by atoms with Gasteiger partial charge in [-0.25, -0.2) is 4.79 Å². The molecular formula is C44H66NO7+. The number of ether oxygens (including phenoxy) is 3. The number of hydrogen-bond donors (Lipinski definition) is 1. The predicted octanol–water partition coefficient (Wildman–Crippen LogP) is 9.51. The third-order valence-electron chi connectivity index (χ3n) is 7.33. The van der Waals surface area contributed by atoms with Crippen LogP contribution in [0.5, 0.6) is 0 Å². The van der Waals surface area contributed by atoms with Crippen molar-refractivity contribution >= 4 is 17.9 Å². The van der Waals surface area contributed by atoms with Crippen molar-refractivity contribution in [3.8, 4) is 0 Å². The Morgan fingerprint density at radius 3 is 1.71 bits per heavy atom. The molecule has 0 fully saturated rings. The number of aliphatic carboxylic acids is 1. The van der Waals surface area contributed by atoms with Gasteiger partial charge in [-0.15, -0.1) is 0 Å². The molecule has 0 saturated carbocycles. The van der Waals surface area contributed by atoms with Gasteiger partial charge in [0, 0.05) is 12.8 Å². The van der Waals surface area contributed by atoms with Crippen molar-refractivity contribution in [3.63, 3.8) is 0 Å². The van der Waals surface area contributed by atoms with Crippen molar-refractivity contribution in [2.24, 2.45) is 0 Å². The molecule has 8 heteroatoms. The van der Waals surface area contributed by atoms with Crippen LogP contribution in [0.3, 0.4) is 0 Å². The van der Waals surface area contributed by atoms with E-state index in [0.29, 0.717) is 12.8 Å². The zero-order valence-electron chi connectivity index (χ0n) is 32.4. The highest BCUT2D eigenvalue weighted by molar-refractivity contribution is 5.72. The SMILES string of the molecule is CC/C=C/C=C/C=C/C=C/C=C/C=C/C=C/CCCCCC(=O)OCC(COCCC(C(=O)O)[N+](C)(C)C)OC(=O)C/C=C/C/C=C/C/C=C/CC. The Balaban J connectivity index is 4.59. The smallest absolute Gasteiger partial charge is 0.362 e. The monoisotopic (exact) mass is 720 g/mol. The Bertz CT molecular complexity index is 1260. The highest BCUT2D eigenvalue weighted by atomic mass is 16.6. The minimum Gasteiger partial charge on any atom is -0.477 e. The number of esters is 2. The zero-order chi connectivity index (χ0) is 38.5. The summed E-state index contributed by atoms with van der Waals surface area (Å²) in [7, 11) is 5.45. The first-order valence-electron chi connectivity index (χ1n) is 18.7. The molecule has 52 heavy (non-hydrogen) atoms. The molecule has 0 bridgehead atoms. The summed E-state index contributed by atoms with van der Waals surface area (Å²) in [6.45, 7) is 4.25. The third-order valence-corrected chi connectivity index (χ3v) is 7.33. The van der Waals surface area contributed by atoms with Crippen LogP contribution < -0.4 is 0 Å². The number of carbonyl (C=O) groups excluding carboxylic acids is 2. The molecule has 0 aliphatic heterocycles. The van der Waals surface area contributed by atoms with E-state index in [2.05, 4.69) is 44.2 Å². The molecule has 0 heterocycles. The number of unbranched alkanes of at least 4 members (excludes halogenated alkanes) is 3. The molecule has 0 saturated heterocycles. The fourth-order valence-electron chi connectivity index (χ4n) is 4.49. The summed E-state index contributed by atoms with van der Waals surface area (Å²) in [5, 5.41) is 9.57. The number of allylic oxidation sites excluding steroid dienone is 19. The Kier molecular flexibility index (Phi) is 31.1.